The van der Waals surface area contributed by atoms with E-state index in [-0.39, 0.29) is 23.3 Å². The van der Waals surface area contributed by atoms with Crippen LogP contribution in [0.25, 0.3) is 0 Å². The summed E-state index contributed by atoms with van der Waals surface area (Å²) in [5.41, 5.74) is -0.153. The first kappa shape index (κ1) is 13.5. The minimum Gasteiger partial charge on any atom is -0.477 e. The molecule has 1 aliphatic heterocycles. The smallest absolute Gasteiger partial charge is 0.354 e. The summed E-state index contributed by atoms with van der Waals surface area (Å²) in [5, 5.41) is 8.98. The van der Waals surface area contributed by atoms with Crippen LogP contribution in [-0.2, 0) is 0 Å². The Morgan fingerprint density at radius 1 is 1.53 bits per heavy atom. The Kier molecular flexibility index (Phi) is 3.84. The molecular weight excluding hydrogens is 248 g/mol. The van der Waals surface area contributed by atoms with Gasteiger partial charge in [-0.2, -0.15) is 0 Å². The summed E-state index contributed by atoms with van der Waals surface area (Å²) in [6, 6.07) is 0.273. The van der Waals surface area contributed by atoms with Crippen LogP contribution < -0.4 is 0 Å². The average Bonchev–Trinajstić information content (AvgIpc) is 2.87. The molecule has 1 aromatic heterocycles. The van der Waals surface area contributed by atoms with Crippen LogP contribution in [0.3, 0.4) is 0 Å². The van der Waals surface area contributed by atoms with Gasteiger partial charge in [0.25, 0.3) is 5.91 Å². The highest BCUT2D eigenvalue weighted by Crippen LogP contribution is 2.13. The van der Waals surface area contributed by atoms with Crippen LogP contribution in [0.2, 0.25) is 0 Å². The first-order valence-corrected chi connectivity index (χ1v) is 6.34. The molecule has 0 bridgehead atoms. The molecule has 1 amide bonds. The highest BCUT2D eigenvalue weighted by molar-refractivity contribution is 6.02. The molecule has 0 radical (unpaired) electrons. The van der Waals surface area contributed by atoms with Crippen LogP contribution in [-0.4, -0.2) is 69.0 Å². The zero-order chi connectivity index (χ0) is 14.0. The van der Waals surface area contributed by atoms with E-state index < -0.39 is 5.97 Å². The number of likely N-dealkylation sites (N-methyl/N-ethyl adjacent to an activating group) is 1. The molecule has 0 aliphatic carbocycles. The van der Waals surface area contributed by atoms with Crippen LogP contribution >= 0.6 is 0 Å². The van der Waals surface area contributed by atoms with Gasteiger partial charge >= 0.3 is 5.97 Å². The Balaban J connectivity index is 2.12. The number of piperazine rings is 1. The number of aromatic nitrogens is 2. The summed E-state index contributed by atoms with van der Waals surface area (Å²) in [7, 11) is 0. The Morgan fingerprint density at radius 2 is 2.26 bits per heavy atom. The van der Waals surface area contributed by atoms with Crippen molar-refractivity contribution in [3.05, 3.63) is 17.7 Å². The van der Waals surface area contributed by atoms with Crippen molar-refractivity contribution < 1.29 is 14.7 Å². The number of hydrogen-bond acceptors (Lipinski definition) is 4. The molecule has 1 aliphatic rings. The third kappa shape index (κ3) is 2.60. The van der Waals surface area contributed by atoms with Gasteiger partial charge in [0, 0.05) is 25.7 Å². The number of nitrogens with zero attached hydrogens (tertiary/aromatic N) is 3. The standard InChI is InChI=1S/C12H18N4O3/c1-3-15-4-5-16(6-8(15)2)11(17)9-10(12(18)19)14-7-13-9/h7-8H,3-6H2,1-2H3,(H,13,14)(H,18,19). The zero-order valence-corrected chi connectivity index (χ0v) is 11.1. The van der Waals surface area contributed by atoms with Gasteiger partial charge in [-0.3, -0.25) is 9.69 Å². The highest BCUT2D eigenvalue weighted by atomic mass is 16.4. The van der Waals surface area contributed by atoms with E-state index in [1.165, 1.54) is 6.33 Å². The molecule has 104 valence electrons. The average molecular weight is 266 g/mol. The number of hydrogen-bond donors (Lipinski definition) is 2. The molecule has 2 heterocycles. The van der Waals surface area contributed by atoms with Crippen molar-refractivity contribution in [1.82, 2.24) is 19.8 Å². The maximum atomic E-state index is 12.3. The number of rotatable bonds is 3. The van der Waals surface area contributed by atoms with Crippen molar-refractivity contribution in [3.8, 4) is 0 Å². The SMILES string of the molecule is CCN1CCN(C(=O)c2nc[nH]c2C(=O)O)CC1C. The fraction of sp³-hybridized carbons (Fsp3) is 0.583. The van der Waals surface area contributed by atoms with Gasteiger partial charge in [0.1, 0.15) is 0 Å². The Bertz CT molecular complexity index is 485. The van der Waals surface area contributed by atoms with E-state index in [1.807, 2.05) is 0 Å². The molecule has 7 heteroatoms. The van der Waals surface area contributed by atoms with Gasteiger partial charge in [-0.1, -0.05) is 6.92 Å². The van der Waals surface area contributed by atoms with Gasteiger partial charge in [-0.05, 0) is 13.5 Å². The van der Waals surface area contributed by atoms with Crippen molar-refractivity contribution in [2.45, 2.75) is 19.9 Å². The van der Waals surface area contributed by atoms with Crippen LogP contribution in [0.15, 0.2) is 6.33 Å². The minimum atomic E-state index is -1.17. The topological polar surface area (TPSA) is 89.5 Å². The van der Waals surface area contributed by atoms with E-state index in [9.17, 15) is 9.59 Å². The molecule has 19 heavy (non-hydrogen) atoms. The maximum Gasteiger partial charge on any atom is 0.354 e. The number of carbonyl (C=O) groups excluding carboxylic acids is 1. The second-order valence-corrected chi connectivity index (χ2v) is 4.66. The van der Waals surface area contributed by atoms with Crippen LogP contribution in [0.5, 0.6) is 0 Å². The molecule has 0 saturated carbocycles. The molecule has 1 fully saturated rings. The molecule has 0 aromatic carbocycles. The van der Waals surface area contributed by atoms with E-state index in [4.69, 9.17) is 5.11 Å². The number of aromatic amines is 1. The summed E-state index contributed by atoms with van der Waals surface area (Å²) in [4.78, 5) is 33.5. The zero-order valence-electron chi connectivity index (χ0n) is 11.1. The normalized spacial score (nSPS) is 20.5. The van der Waals surface area contributed by atoms with Gasteiger partial charge < -0.3 is 15.0 Å². The lowest BCUT2D eigenvalue weighted by Crippen LogP contribution is -2.53. The summed E-state index contributed by atoms with van der Waals surface area (Å²) < 4.78 is 0. The van der Waals surface area contributed by atoms with Gasteiger partial charge in [-0.15, -0.1) is 0 Å². The van der Waals surface area contributed by atoms with Crippen molar-refractivity contribution in [3.63, 3.8) is 0 Å². The van der Waals surface area contributed by atoms with Gasteiger partial charge in [0.05, 0.1) is 6.33 Å². The van der Waals surface area contributed by atoms with Crippen molar-refractivity contribution in [2.24, 2.45) is 0 Å². The summed E-state index contributed by atoms with van der Waals surface area (Å²) >= 11 is 0. The molecule has 1 aromatic rings. The molecule has 1 unspecified atom stereocenters. The summed E-state index contributed by atoms with van der Waals surface area (Å²) in [6.07, 6.45) is 1.24. The fourth-order valence-corrected chi connectivity index (χ4v) is 2.42. The number of imidazole rings is 1. The molecular formula is C12H18N4O3. The second kappa shape index (κ2) is 5.40. The summed E-state index contributed by atoms with van der Waals surface area (Å²) in [6.45, 7) is 7.10. The first-order chi connectivity index (χ1) is 9.04. The number of carboxylic acid groups (broad SMARTS) is 1. The Labute approximate surface area is 111 Å². The van der Waals surface area contributed by atoms with Crippen LogP contribution in [0, 0.1) is 0 Å². The minimum absolute atomic E-state index is 0.00958. The monoisotopic (exact) mass is 266 g/mol. The van der Waals surface area contributed by atoms with Crippen LogP contribution in [0.1, 0.15) is 34.8 Å². The Morgan fingerprint density at radius 3 is 2.84 bits per heavy atom. The van der Waals surface area contributed by atoms with Gasteiger partial charge in [-0.25, -0.2) is 9.78 Å². The van der Waals surface area contributed by atoms with Crippen molar-refractivity contribution in [2.75, 3.05) is 26.2 Å². The molecule has 0 spiro atoms. The number of aromatic carboxylic acids is 1. The third-order valence-corrected chi connectivity index (χ3v) is 3.51. The molecule has 2 rings (SSSR count). The van der Waals surface area contributed by atoms with Crippen LogP contribution in [0.4, 0.5) is 0 Å². The van der Waals surface area contributed by atoms with Crippen molar-refractivity contribution >= 4 is 11.9 Å². The maximum absolute atomic E-state index is 12.3. The predicted octanol–water partition coefficient (Wildman–Crippen LogP) is 0.274. The molecule has 1 atom stereocenters. The van der Waals surface area contributed by atoms with Gasteiger partial charge in [0.2, 0.25) is 0 Å². The number of carbonyl (C=O) groups is 2. The number of carboxylic acids is 1. The number of H-pyrrole nitrogens is 1. The largest absolute Gasteiger partial charge is 0.477 e. The second-order valence-electron chi connectivity index (χ2n) is 4.66. The first-order valence-electron chi connectivity index (χ1n) is 6.34. The van der Waals surface area contributed by atoms with E-state index in [2.05, 4.69) is 28.7 Å². The Hall–Kier alpha value is -1.89. The predicted molar refractivity (Wildman–Crippen MR) is 68.2 cm³/mol. The summed E-state index contributed by atoms with van der Waals surface area (Å²) in [5.74, 6) is -1.48. The van der Waals surface area contributed by atoms with Gasteiger partial charge in [0.15, 0.2) is 11.4 Å². The molecule has 7 nitrogen and oxygen atoms in total. The van der Waals surface area contributed by atoms with E-state index >= 15 is 0 Å². The van der Waals surface area contributed by atoms with E-state index in [1.54, 1.807) is 4.90 Å². The lowest BCUT2D eigenvalue weighted by Gasteiger charge is -2.39. The highest BCUT2D eigenvalue weighted by Gasteiger charge is 2.29. The molecule has 1 saturated heterocycles. The number of nitrogens with one attached hydrogen (secondary N) is 1. The fourth-order valence-electron chi connectivity index (χ4n) is 2.42. The van der Waals surface area contributed by atoms with Crippen molar-refractivity contribution in [1.29, 1.82) is 0 Å². The third-order valence-electron chi connectivity index (χ3n) is 3.51. The van der Waals surface area contributed by atoms with E-state index in [0.29, 0.717) is 13.1 Å². The molecule has 2 N–H and O–H groups in total. The lowest BCUT2D eigenvalue weighted by atomic mass is 10.1. The lowest BCUT2D eigenvalue weighted by molar-refractivity contribution is 0.0514. The number of amides is 1. The quantitative estimate of drug-likeness (QED) is 0.820. The van der Waals surface area contributed by atoms with E-state index in [0.717, 1.165) is 13.1 Å².